The maximum Gasteiger partial charge on any atom is 0.331 e. The number of nitrogens with zero attached hydrogens (tertiary/aromatic N) is 4. The normalized spacial score (nSPS) is 16.7. The molecule has 3 rings (SSSR count). The minimum Gasteiger partial charge on any atom is -0.467 e. The van der Waals surface area contributed by atoms with Gasteiger partial charge in [0.2, 0.25) is 0 Å². The molecular weight excluding hydrogens is 322 g/mol. The minimum atomic E-state index is -0.959. The van der Waals surface area contributed by atoms with Crippen LogP contribution < -0.4 is 5.32 Å². The number of carbonyl (C=O) groups is 2. The fourth-order valence-corrected chi connectivity index (χ4v) is 3.21. The van der Waals surface area contributed by atoms with Crippen molar-refractivity contribution in [2.24, 2.45) is 0 Å². The molecule has 2 aromatic rings. The molecule has 8 nitrogen and oxygen atoms in total. The van der Waals surface area contributed by atoms with Gasteiger partial charge in [0, 0.05) is 11.8 Å². The molecule has 1 amide bonds. The molecule has 2 aromatic heterocycles. The molecule has 25 heavy (non-hydrogen) atoms. The standard InChI is InChI=1S/C17H21N5O3/c1-25-16(24)17(7-4-2-3-5-8-17)21-15(23)13-6-9-19-14(10-13)22-12-18-11-20-22/h6,9-12H,2-5,7-8H2,1H3,(H,21,23). The molecule has 0 aromatic carbocycles. The van der Waals surface area contributed by atoms with E-state index in [-0.39, 0.29) is 11.9 Å². The summed E-state index contributed by atoms with van der Waals surface area (Å²) >= 11 is 0. The van der Waals surface area contributed by atoms with Crippen LogP contribution >= 0.6 is 0 Å². The van der Waals surface area contributed by atoms with Crippen LogP contribution in [0.3, 0.4) is 0 Å². The number of rotatable bonds is 4. The van der Waals surface area contributed by atoms with Gasteiger partial charge in [-0.3, -0.25) is 4.79 Å². The Balaban J connectivity index is 1.84. The number of ether oxygens (including phenoxy) is 1. The molecular formula is C17H21N5O3. The monoisotopic (exact) mass is 343 g/mol. The lowest BCUT2D eigenvalue weighted by Gasteiger charge is -2.30. The highest BCUT2D eigenvalue weighted by atomic mass is 16.5. The van der Waals surface area contributed by atoms with Crippen LogP contribution in [0.4, 0.5) is 0 Å². The fourth-order valence-electron chi connectivity index (χ4n) is 3.21. The van der Waals surface area contributed by atoms with E-state index < -0.39 is 5.54 Å². The first kappa shape index (κ1) is 17.1. The van der Waals surface area contributed by atoms with Gasteiger partial charge in [0.1, 0.15) is 18.2 Å². The lowest BCUT2D eigenvalue weighted by Crippen LogP contribution is -2.54. The number of amides is 1. The molecule has 0 unspecified atom stereocenters. The molecule has 0 bridgehead atoms. The number of methoxy groups -OCH3 is 1. The molecule has 0 saturated heterocycles. The smallest absolute Gasteiger partial charge is 0.331 e. The zero-order chi connectivity index (χ0) is 17.7. The quantitative estimate of drug-likeness (QED) is 0.669. The van der Waals surface area contributed by atoms with Crippen LogP contribution in [0.25, 0.3) is 5.82 Å². The number of hydrogen-bond acceptors (Lipinski definition) is 6. The first-order valence-electron chi connectivity index (χ1n) is 8.37. The second-order valence-electron chi connectivity index (χ2n) is 6.18. The molecule has 1 aliphatic carbocycles. The van der Waals surface area contributed by atoms with E-state index >= 15 is 0 Å². The fraction of sp³-hybridized carbons (Fsp3) is 0.471. The Morgan fingerprint density at radius 2 is 2.00 bits per heavy atom. The number of nitrogens with one attached hydrogen (secondary N) is 1. The maximum atomic E-state index is 12.8. The third-order valence-electron chi connectivity index (χ3n) is 4.55. The Kier molecular flexibility index (Phi) is 5.06. The largest absolute Gasteiger partial charge is 0.467 e. The summed E-state index contributed by atoms with van der Waals surface area (Å²) in [5.74, 6) is -0.220. The third kappa shape index (κ3) is 3.67. The number of carbonyl (C=O) groups excluding carboxylic acids is 2. The van der Waals surface area contributed by atoms with Crippen molar-refractivity contribution in [3.63, 3.8) is 0 Å². The van der Waals surface area contributed by atoms with Gasteiger partial charge in [-0.1, -0.05) is 25.7 Å². The second kappa shape index (κ2) is 7.42. The van der Waals surface area contributed by atoms with E-state index in [0.29, 0.717) is 24.2 Å². The summed E-state index contributed by atoms with van der Waals surface area (Å²) in [6, 6.07) is 3.23. The first-order valence-corrected chi connectivity index (χ1v) is 8.37. The van der Waals surface area contributed by atoms with E-state index in [4.69, 9.17) is 4.74 Å². The van der Waals surface area contributed by atoms with Crippen molar-refractivity contribution in [3.8, 4) is 5.82 Å². The summed E-state index contributed by atoms with van der Waals surface area (Å²) in [6.45, 7) is 0. The van der Waals surface area contributed by atoms with Gasteiger partial charge in [0.25, 0.3) is 5.91 Å². The van der Waals surface area contributed by atoms with Crippen molar-refractivity contribution < 1.29 is 14.3 Å². The van der Waals surface area contributed by atoms with E-state index in [1.807, 2.05) is 0 Å². The second-order valence-corrected chi connectivity index (χ2v) is 6.18. The lowest BCUT2D eigenvalue weighted by atomic mass is 9.89. The van der Waals surface area contributed by atoms with Gasteiger partial charge in [0.05, 0.1) is 7.11 Å². The van der Waals surface area contributed by atoms with E-state index in [0.717, 1.165) is 25.7 Å². The van der Waals surface area contributed by atoms with Crippen molar-refractivity contribution >= 4 is 11.9 Å². The van der Waals surface area contributed by atoms with Gasteiger partial charge < -0.3 is 10.1 Å². The van der Waals surface area contributed by atoms with Crippen LogP contribution in [0.15, 0.2) is 31.0 Å². The van der Waals surface area contributed by atoms with Crippen molar-refractivity contribution in [2.45, 2.75) is 44.1 Å². The van der Waals surface area contributed by atoms with Crippen LogP contribution in [0.5, 0.6) is 0 Å². The molecule has 0 spiro atoms. The molecule has 1 saturated carbocycles. The topological polar surface area (TPSA) is 99.0 Å². The molecule has 0 atom stereocenters. The van der Waals surface area contributed by atoms with Crippen molar-refractivity contribution in [3.05, 3.63) is 36.5 Å². The Morgan fingerprint density at radius 1 is 1.24 bits per heavy atom. The van der Waals surface area contributed by atoms with Gasteiger partial charge in [-0.25, -0.2) is 19.4 Å². The van der Waals surface area contributed by atoms with E-state index in [1.54, 1.807) is 12.1 Å². The molecule has 0 aliphatic heterocycles. The number of aromatic nitrogens is 4. The predicted molar refractivity (Wildman–Crippen MR) is 89.1 cm³/mol. The van der Waals surface area contributed by atoms with Gasteiger partial charge >= 0.3 is 5.97 Å². The Morgan fingerprint density at radius 3 is 2.64 bits per heavy atom. The zero-order valence-electron chi connectivity index (χ0n) is 14.1. The zero-order valence-corrected chi connectivity index (χ0v) is 14.1. The van der Waals surface area contributed by atoms with Crippen molar-refractivity contribution in [2.75, 3.05) is 7.11 Å². The first-order chi connectivity index (χ1) is 12.1. The number of hydrogen-bond donors (Lipinski definition) is 1. The highest BCUT2D eigenvalue weighted by molar-refractivity contribution is 5.98. The summed E-state index contributed by atoms with van der Waals surface area (Å²) in [6.07, 6.45) is 9.49. The van der Waals surface area contributed by atoms with Crippen molar-refractivity contribution in [1.29, 1.82) is 0 Å². The van der Waals surface area contributed by atoms with E-state index in [1.165, 1.54) is 30.6 Å². The molecule has 1 aliphatic rings. The van der Waals surface area contributed by atoms with Crippen molar-refractivity contribution in [1.82, 2.24) is 25.1 Å². The van der Waals surface area contributed by atoms with E-state index in [2.05, 4.69) is 20.4 Å². The van der Waals surface area contributed by atoms with Crippen LogP contribution in [-0.4, -0.2) is 44.3 Å². The highest BCUT2D eigenvalue weighted by Gasteiger charge is 2.41. The number of pyridine rings is 1. The molecule has 8 heteroatoms. The minimum absolute atomic E-state index is 0.323. The molecule has 1 fully saturated rings. The Bertz CT molecular complexity index is 737. The average Bonchev–Trinajstić information content (AvgIpc) is 3.08. The van der Waals surface area contributed by atoms with Gasteiger partial charge in [-0.2, -0.15) is 5.10 Å². The summed E-state index contributed by atoms with van der Waals surface area (Å²) in [5, 5.41) is 6.93. The molecule has 0 radical (unpaired) electrons. The lowest BCUT2D eigenvalue weighted by molar-refractivity contribution is -0.148. The summed E-state index contributed by atoms with van der Waals surface area (Å²) in [5.41, 5.74) is -0.549. The molecule has 2 heterocycles. The van der Waals surface area contributed by atoms with Crippen LogP contribution in [0.1, 0.15) is 48.9 Å². The number of esters is 1. The third-order valence-corrected chi connectivity index (χ3v) is 4.55. The SMILES string of the molecule is COC(=O)C1(NC(=O)c2ccnc(-n3cncn3)c2)CCCCCC1. The highest BCUT2D eigenvalue weighted by Crippen LogP contribution is 2.28. The summed E-state index contributed by atoms with van der Waals surface area (Å²) in [4.78, 5) is 33.2. The average molecular weight is 343 g/mol. The van der Waals surface area contributed by atoms with Gasteiger partial charge in [0.15, 0.2) is 5.82 Å². The predicted octanol–water partition coefficient (Wildman–Crippen LogP) is 1.66. The molecule has 1 N–H and O–H groups in total. The van der Waals surface area contributed by atoms with E-state index in [9.17, 15) is 9.59 Å². The van der Waals surface area contributed by atoms with Crippen LogP contribution in [0.2, 0.25) is 0 Å². The summed E-state index contributed by atoms with van der Waals surface area (Å²) < 4.78 is 6.45. The van der Waals surface area contributed by atoms with Crippen LogP contribution in [0, 0.1) is 0 Å². The maximum absolute atomic E-state index is 12.8. The van der Waals surface area contributed by atoms with Crippen LogP contribution in [-0.2, 0) is 9.53 Å². The van der Waals surface area contributed by atoms with Gasteiger partial charge in [-0.05, 0) is 25.0 Å². The summed E-state index contributed by atoms with van der Waals surface area (Å²) in [7, 11) is 1.36. The van der Waals surface area contributed by atoms with Gasteiger partial charge in [-0.15, -0.1) is 0 Å². The Hall–Kier alpha value is -2.77. The molecule has 132 valence electrons. The Labute approximate surface area is 145 Å².